The predicted molar refractivity (Wildman–Crippen MR) is 158 cm³/mol. The molecule has 0 radical (unpaired) electrons. The van der Waals surface area contributed by atoms with Gasteiger partial charge in [0, 0.05) is 6.04 Å². The lowest BCUT2D eigenvalue weighted by Crippen LogP contribution is -2.34. The van der Waals surface area contributed by atoms with E-state index in [1.807, 2.05) is 0 Å². The summed E-state index contributed by atoms with van der Waals surface area (Å²) in [5, 5.41) is 29.8. The standard InChI is InChI=1S/C26H39ClN5O13P/c1-3-9-39-25(35)41-13-43-46(37,44-14-42-26(36)40-10-4-2)15-38-12-18-19(33)20(34)23(45-18)32-22-17(11-28-32)21(30-24(27)31-22)29-16-7-5-6-8-16/h11,16,18-20,23,33-34H,3-10,12-15H2,1-2H3,(H,29,30,31)/t18-,19-,20-,23-/m1/s1. The Balaban J connectivity index is 1.37. The number of aliphatic hydroxyl groups excluding tert-OH is 2. The van der Waals surface area contributed by atoms with Crippen LogP contribution in [0.2, 0.25) is 5.28 Å². The molecule has 4 rings (SSSR count). The fraction of sp³-hybridized carbons (Fsp3) is 0.731. The van der Waals surface area contributed by atoms with Gasteiger partial charge in [0.15, 0.2) is 11.9 Å². The molecule has 0 aromatic carbocycles. The Hall–Kier alpha value is -2.83. The number of hydrogen-bond acceptors (Lipinski definition) is 17. The first-order valence-corrected chi connectivity index (χ1v) is 17.0. The third-order valence-electron chi connectivity index (χ3n) is 6.93. The van der Waals surface area contributed by atoms with Crippen molar-refractivity contribution in [2.24, 2.45) is 0 Å². The molecular weight excluding hydrogens is 657 g/mol. The molecule has 0 spiro atoms. The Morgan fingerprint density at radius 3 is 2.26 bits per heavy atom. The molecule has 46 heavy (non-hydrogen) atoms. The summed E-state index contributed by atoms with van der Waals surface area (Å²) in [4.78, 5) is 31.8. The average Bonchev–Trinajstić information content (AvgIpc) is 3.76. The summed E-state index contributed by atoms with van der Waals surface area (Å²) in [6.07, 6.45) is -1.25. The molecule has 258 valence electrons. The van der Waals surface area contributed by atoms with Crippen molar-refractivity contribution in [2.45, 2.75) is 83.0 Å². The van der Waals surface area contributed by atoms with E-state index in [4.69, 9.17) is 49.1 Å². The van der Waals surface area contributed by atoms with Crippen molar-refractivity contribution in [3.05, 3.63) is 11.5 Å². The number of aromatic nitrogens is 4. The van der Waals surface area contributed by atoms with Gasteiger partial charge in [0.2, 0.25) is 18.9 Å². The number of carbonyl (C=O) groups is 2. The Labute approximate surface area is 269 Å². The number of hydrogen-bond donors (Lipinski definition) is 3. The number of ether oxygens (including phenoxy) is 6. The number of anilines is 1. The third-order valence-corrected chi connectivity index (χ3v) is 8.60. The van der Waals surface area contributed by atoms with Crippen LogP contribution in [0.4, 0.5) is 15.4 Å². The molecule has 3 heterocycles. The minimum Gasteiger partial charge on any atom is -0.434 e. The van der Waals surface area contributed by atoms with Gasteiger partial charge in [-0.2, -0.15) is 15.1 Å². The SMILES string of the molecule is CCCOC(=O)OCOP(=O)(COC[C@H]1O[C@@H](n2ncc3c(NC4CCCC4)nc(Cl)nc32)[C@H](O)[C@@H]1O)OCOC(=O)OCCC. The highest BCUT2D eigenvalue weighted by molar-refractivity contribution is 7.53. The first-order valence-electron chi connectivity index (χ1n) is 14.9. The van der Waals surface area contributed by atoms with Crippen molar-refractivity contribution in [1.82, 2.24) is 19.7 Å². The molecule has 1 saturated carbocycles. The summed E-state index contributed by atoms with van der Waals surface area (Å²) in [7, 11) is -4.24. The molecule has 4 atom stereocenters. The van der Waals surface area contributed by atoms with E-state index < -0.39 is 71.0 Å². The van der Waals surface area contributed by atoms with Gasteiger partial charge in [0.1, 0.15) is 30.5 Å². The van der Waals surface area contributed by atoms with Gasteiger partial charge in [-0.3, -0.25) is 13.6 Å². The van der Waals surface area contributed by atoms with E-state index in [0.717, 1.165) is 25.7 Å². The van der Waals surface area contributed by atoms with E-state index in [-0.39, 0.29) is 30.2 Å². The van der Waals surface area contributed by atoms with Crippen LogP contribution in [-0.4, -0.2) is 106 Å². The van der Waals surface area contributed by atoms with Crippen LogP contribution in [0.3, 0.4) is 0 Å². The summed E-state index contributed by atoms with van der Waals surface area (Å²) in [5.41, 5.74) is 0.277. The van der Waals surface area contributed by atoms with E-state index in [9.17, 15) is 24.4 Å². The molecule has 18 nitrogen and oxygen atoms in total. The first kappa shape index (κ1) is 36.0. The van der Waals surface area contributed by atoms with Gasteiger partial charge < -0.3 is 44.0 Å². The van der Waals surface area contributed by atoms with Crippen LogP contribution in [0.5, 0.6) is 0 Å². The minimum atomic E-state index is -4.24. The summed E-state index contributed by atoms with van der Waals surface area (Å²) < 4.78 is 55.1. The van der Waals surface area contributed by atoms with Crippen molar-refractivity contribution in [3.63, 3.8) is 0 Å². The van der Waals surface area contributed by atoms with Crippen LogP contribution in [0.15, 0.2) is 6.20 Å². The van der Waals surface area contributed by atoms with Gasteiger partial charge in [0.25, 0.3) is 0 Å². The maximum absolute atomic E-state index is 13.3. The third kappa shape index (κ3) is 9.84. The van der Waals surface area contributed by atoms with Crippen molar-refractivity contribution in [2.75, 3.05) is 45.1 Å². The highest BCUT2D eigenvalue weighted by Crippen LogP contribution is 2.48. The molecule has 2 aromatic rings. The van der Waals surface area contributed by atoms with Gasteiger partial charge in [0.05, 0.1) is 31.4 Å². The number of aliphatic hydroxyl groups is 2. The van der Waals surface area contributed by atoms with Crippen LogP contribution in [0.1, 0.15) is 58.6 Å². The molecule has 2 aliphatic rings. The quantitative estimate of drug-likeness (QED) is 0.0929. The number of fused-ring (bicyclic) bond motifs is 1. The number of nitrogens with one attached hydrogen (secondary N) is 1. The smallest absolute Gasteiger partial charge is 0.434 e. The largest absolute Gasteiger partial charge is 0.510 e. The molecule has 0 amide bonds. The van der Waals surface area contributed by atoms with Gasteiger partial charge in [-0.05, 0) is 37.3 Å². The van der Waals surface area contributed by atoms with Crippen LogP contribution in [0.25, 0.3) is 11.0 Å². The Bertz CT molecular complexity index is 1320. The minimum absolute atomic E-state index is 0.0383. The molecule has 20 heteroatoms. The molecule has 0 unspecified atom stereocenters. The molecule has 2 aromatic heterocycles. The topological polar surface area (TPSA) is 221 Å². The van der Waals surface area contributed by atoms with Crippen molar-refractivity contribution in [1.29, 1.82) is 0 Å². The van der Waals surface area contributed by atoms with Gasteiger partial charge in [-0.25, -0.2) is 14.3 Å². The van der Waals surface area contributed by atoms with Crippen molar-refractivity contribution >= 4 is 48.4 Å². The zero-order chi connectivity index (χ0) is 33.1. The molecular formula is C26H39ClN5O13P. The van der Waals surface area contributed by atoms with Crippen LogP contribution < -0.4 is 5.32 Å². The number of rotatable bonds is 17. The van der Waals surface area contributed by atoms with E-state index in [1.165, 1.54) is 10.9 Å². The van der Waals surface area contributed by atoms with Crippen LogP contribution >= 0.6 is 19.2 Å². The van der Waals surface area contributed by atoms with E-state index in [0.29, 0.717) is 24.0 Å². The first-order chi connectivity index (χ1) is 22.1. The normalized spacial score (nSPS) is 21.8. The van der Waals surface area contributed by atoms with Gasteiger partial charge >= 0.3 is 19.9 Å². The predicted octanol–water partition coefficient (Wildman–Crippen LogP) is 3.70. The highest BCUT2D eigenvalue weighted by Gasteiger charge is 2.45. The summed E-state index contributed by atoms with van der Waals surface area (Å²) >= 11 is 6.21. The summed E-state index contributed by atoms with van der Waals surface area (Å²) in [5.74, 6) is 0.502. The lowest BCUT2D eigenvalue weighted by Gasteiger charge is -2.20. The van der Waals surface area contributed by atoms with Gasteiger partial charge in [-0.1, -0.05) is 26.7 Å². The molecule has 1 saturated heterocycles. The zero-order valence-corrected chi connectivity index (χ0v) is 27.1. The second-order valence-electron chi connectivity index (χ2n) is 10.4. The Kier molecular flexibility index (Phi) is 13.6. The maximum Gasteiger partial charge on any atom is 0.510 e. The van der Waals surface area contributed by atoms with Crippen LogP contribution in [0, 0.1) is 0 Å². The van der Waals surface area contributed by atoms with E-state index >= 15 is 0 Å². The van der Waals surface area contributed by atoms with Crippen molar-refractivity contribution < 1.29 is 61.8 Å². The second kappa shape index (κ2) is 17.4. The highest BCUT2D eigenvalue weighted by atomic mass is 35.5. The molecule has 1 aliphatic carbocycles. The fourth-order valence-corrected chi connectivity index (χ4v) is 5.83. The van der Waals surface area contributed by atoms with Crippen molar-refractivity contribution in [3.8, 4) is 0 Å². The van der Waals surface area contributed by atoms with E-state index in [2.05, 4.69) is 20.4 Å². The van der Waals surface area contributed by atoms with Gasteiger partial charge in [-0.15, -0.1) is 0 Å². The lowest BCUT2D eigenvalue weighted by atomic mass is 10.1. The second-order valence-corrected chi connectivity index (χ2v) is 12.8. The zero-order valence-electron chi connectivity index (χ0n) is 25.4. The Morgan fingerprint density at radius 1 is 1.02 bits per heavy atom. The number of carbonyl (C=O) groups excluding carboxylic acids is 2. The monoisotopic (exact) mass is 695 g/mol. The molecule has 2 fully saturated rings. The molecule has 0 bridgehead atoms. The summed E-state index contributed by atoms with van der Waals surface area (Å²) in [6.45, 7) is 1.72. The number of halogens is 1. The summed E-state index contributed by atoms with van der Waals surface area (Å²) in [6, 6.07) is 0.237. The Morgan fingerprint density at radius 2 is 1.65 bits per heavy atom. The molecule has 1 aliphatic heterocycles. The molecule has 3 N–H and O–H groups in total. The number of nitrogens with zero attached hydrogens (tertiary/aromatic N) is 4. The fourth-order valence-electron chi connectivity index (χ4n) is 4.68. The van der Waals surface area contributed by atoms with E-state index in [1.54, 1.807) is 13.8 Å². The van der Waals surface area contributed by atoms with Crippen LogP contribution in [-0.2, 0) is 42.0 Å². The lowest BCUT2D eigenvalue weighted by molar-refractivity contribution is -0.0687. The maximum atomic E-state index is 13.3. The average molecular weight is 696 g/mol.